The van der Waals surface area contributed by atoms with E-state index in [4.69, 9.17) is 9.47 Å². The highest BCUT2D eigenvalue weighted by Crippen LogP contribution is 2.46. The van der Waals surface area contributed by atoms with E-state index in [1.54, 1.807) is 17.3 Å². The third kappa shape index (κ3) is 7.08. The van der Waals surface area contributed by atoms with Crippen LogP contribution < -0.4 is 14.4 Å². The Hall–Kier alpha value is -3.43. The van der Waals surface area contributed by atoms with Crippen molar-refractivity contribution in [3.05, 3.63) is 59.4 Å². The summed E-state index contributed by atoms with van der Waals surface area (Å²) in [6.45, 7) is 11.2. The summed E-state index contributed by atoms with van der Waals surface area (Å²) in [7, 11) is 0. The van der Waals surface area contributed by atoms with Crippen molar-refractivity contribution < 1.29 is 29.3 Å². The number of allylic oxidation sites excluding steroid dienone is 2. The molecule has 2 aliphatic rings. The fourth-order valence-corrected chi connectivity index (χ4v) is 6.39. The first-order chi connectivity index (χ1) is 19.5. The van der Waals surface area contributed by atoms with Gasteiger partial charge in [-0.25, -0.2) is 0 Å². The summed E-state index contributed by atoms with van der Waals surface area (Å²) in [4.78, 5) is 34.9. The Balaban J connectivity index is 1.72. The van der Waals surface area contributed by atoms with Gasteiger partial charge in [0, 0.05) is 36.8 Å². The summed E-state index contributed by atoms with van der Waals surface area (Å²) >= 11 is 0. The molecule has 3 heterocycles. The number of rotatable bonds is 12. The SMILES string of the molecule is CCCCN(C(=O)CN1C[C@H](c2cc(CO)c3c(c2)OCO3)[C@@H](C(=O)O)[C@@H]1CC(C)(C)C=C(C)C)c1cccnc1. The lowest BCUT2D eigenvalue weighted by Gasteiger charge is -2.34. The van der Waals surface area contributed by atoms with Crippen molar-refractivity contribution in [1.82, 2.24) is 9.88 Å². The normalized spacial score (nSPS) is 20.2. The number of carboxylic acids is 1. The van der Waals surface area contributed by atoms with E-state index in [-0.39, 0.29) is 31.3 Å². The molecule has 0 bridgehead atoms. The third-order valence-corrected chi connectivity index (χ3v) is 7.95. The number of hydrogen-bond acceptors (Lipinski definition) is 7. The van der Waals surface area contributed by atoms with Crippen LogP contribution in [-0.2, 0) is 16.2 Å². The number of likely N-dealkylation sites (tertiary alicyclic amines) is 1. The molecule has 3 atom stereocenters. The van der Waals surface area contributed by atoms with Crippen LogP contribution in [0.5, 0.6) is 11.5 Å². The first-order valence-corrected chi connectivity index (χ1v) is 14.4. The van der Waals surface area contributed by atoms with Gasteiger partial charge in [-0.3, -0.25) is 19.5 Å². The molecule has 0 aliphatic carbocycles. The van der Waals surface area contributed by atoms with E-state index < -0.39 is 23.8 Å². The second-order valence-corrected chi connectivity index (χ2v) is 12.1. The molecule has 1 aromatic heterocycles. The van der Waals surface area contributed by atoms with Gasteiger partial charge in [0.15, 0.2) is 11.5 Å². The highest BCUT2D eigenvalue weighted by Gasteiger charge is 2.49. The molecule has 1 saturated heterocycles. The molecule has 9 nitrogen and oxygen atoms in total. The molecule has 0 unspecified atom stereocenters. The van der Waals surface area contributed by atoms with Gasteiger partial charge in [0.2, 0.25) is 12.7 Å². The lowest BCUT2D eigenvalue weighted by atomic mass is 9.77. The molecule has 2 aliphatic heterocycles. The zero-order valence-electron chi connectivity index (χ0n) is 24.8. The Bertz CT molecular complexity index is 1260. The number of carbonyl (C=O) groups excluding carboxylic acids is 1. The van der Waals surface area contributed by atoms with Crippen LogP contribution in [0, 0.1) is 11.3 Å². The van der Waals surface area contributed by atoms with E-state index in [0.29, 0.717) is 36.6 Å². The maximum absolute atomic E-state index is 13.9. The van der Waals surface area contributed by atoms with Crippen LogP contribution in [0.15, 0.2) is 48.3 Å². The maximum Gasteiger partial charge on any atom is 0.308 e. The number of benzene rings is 1. The van der Waals surface area contributed by atoms with Gasteiger partial charge in [0.25, 0.3) is 0 Å². The quantitative estimate of drug-likeness (QED) is 0.346. The molecule has 4 rings (SSSR count). The number of hydrogen-bond donors (Lipinski definition) is 2. The van der Waals surface area contributed by atoms with Crippen molar-refractivity contribution in [1.29, 1.82) is 0 Å². The van der Waals surface area contributed by atoms with E-state index in [2.05, 4.69) is 31.8 Å². The number of carboxylic acid groups (broad SMARTS) is 1. The lowest BCUT2D eigenvalue weighted by Crippen LogP contribution is -2.45. The summed E-state index contributed by atoms with van der Waals surface area (Å²) in [5.74, 6) is -1.15. The van der Waals surface area contributed by atoms with Crippen LogP contribution >= 0.6 is 0 Å². The first-order valence-electron chi connectivity index (χ1n) is 14.4. The minimum absolute atomic E-state index is 0.0564. The molecule has 2 aromatic rings. The number of aromatic nitrogens is 1. The number of amides is 1. The summed E-state index contributed by atoms with van der Waals surface area (Å²) in [6.07, 6.45) is 7.90. The van der Waals surface area contributed by atoms with Crippen molar-refractivity contribution in [2.24, 2.45) is 11.3 Å². The number of ether oxygens (including phenoxy) is 2. The Morgan fingerprint density at radius 2 is 2.02 bits per heavy atom. The second-order valence-electron chi connectivity index (χ2n) is 12.1. The number of unbranched alkanes of at least 4 members (excludes halogenated alkanes) is 1. The molecule has 1 fully saturated rings. The topological polar surface area (TPSA) is 112 Å². The molecule has 41 heavy (non-hydrogen) atoms. The number of aliphatic carboxylic acids is 1. The molecule has 2 N–H and O–H groups in total. The lowest BCUT2D eigenvalue weighted by molar-refractivity contribution is -0.143. The first kappa shape index (κ1) is 30.5. The van der Waals surface area contributed by atoms with Crippen LogP contribution in [0.25, 0.3) is 0 Å². The third-order valence-electron chi connectivity index (χ3n) is 7.95. The molecule has 0 radical (unpaired) electrons. The summed E-state index contributed by atoms with van der Waals surface area (Å²) in [6, 6.07) is 6.95. The van der Waals surface area contributed by atoms with Gasteiger partial charge < -0.3 is 24.6 Å². The largest absolute Gasteiger partial charge is 0.481 e. The highest BCUT2D eigenvalue weighted by atomic mass is 16.7. The van der Waals surface area contributed by atoms with E-state index in [1.165, 1.54) is 0 Å². The average Bonchev–Trinajstić information content (AvgIpc) is 3.53. The van der Waals surface area contributed by atoms with Gasteiger partial charge in [-0.1, -0.05) is 38.8 Å². The van der Waals surface area contributed by atoms with Gasteiger partial charge in [-0.2, -0.15) is 0 Å². The molecular weight excluding hydrogens is 522 g/mol. The van der Waals surface area contributed by atoms with Crippen molar-refractivity contribution in [2.45, 2.75) is 72.4 Å². The summed E-state index contributed by atoms with van der Waals surface area (Å²) in [5, 5.41) is 20.6. The number of pyridine rings is 1. The zero-order chi connectivity index (χ0) is 29.7. The van der Waals surface area contributed by atoms with Crippen LogP contribution in [0.3, 0.4) is 0 Å². The molecule has 0 spiro atoms. The fraction of sp³-hybridized carbons (Fsp3) is 0.531. The average molecular weight is 566 g/mol. The Labute approximate surface area is 242 Å². The molecule has 222 valence electrons. The van der Waals surface area contributed by atoms with Crippen LogP contribution in [0.4, 0.5) is 5.69 Å². The molecule has 1 aromatic carbocycles. The van der Waals surface area contributed by atoms with Crippen molar-refractivity contribution in [3.63, 3.8) is 0 Å². The Morgan fingerprint density at radius 1 is 1.24 bits per heavy atom. The zero-order valence-corrected chi connectivity index (χ0v) is 24.8. The number of fused-ring (bicyclic) bond motifs is 1. The predicted octanol–water partition coefficient (Wildman–Crippen LogP) is 4.99. The van der Waals surface area contributed by atoms with Crippen LogP contribution in [0.2, 0.25) is 0 Å². The van der Waals surface area contributed by atoms with Crippen molar-refractivity contribution in [3.8, 4) is 11.5 Å². The standard InChI is InChI=1S/C32H43N3O6/c1-6-7-11-35(24-9-8-10-33-16-24)28(37)18-34-17-25(22-12-23(19-36)30-27(13-22)40-20-41-30)29(31(38)39)26(34)15-32(4,5)14-21(2)3/h8-10,12-14,16,25-26,29,36H,6-7,11,15,17-20H2,1-5H3,(H,38,39)/t25-,26+,29-/m1/s1. The van der Waals surface area contributed by atoms with Gasteiger partial charge in [0.05, 0.1) is 31.0 Å². The van der Waals surface area contributed by atoms with Crippen molar-refractivity contribution in [2.75, 3.05) is 31.3 Å². The predicted molar refractivity (Wildman–Crippen MR) is 157 cm³/mol. The number of anilines is 1. The Kier molecular flexibility index (Phi) is 9.71. The molecule has 9 heteroatoms. The maximum atomic E-state index is 13.9. The monoisotopic (exact) mass is 565 g/mol. The van der Waals surface area contributed by atoms with Crippen LogP contribution in [0.1, 0.15) is 70.9 Å². The Morgan fingerprint density at radius 3 is 2.66 bits per heavy atom. The van der Waals surface area contributed by atoms with Crippen molar-refractivity contribution >= 4 is 17.6 Å². The number of aliphatic hydroxyl groups is 1. The van der Waals surface area contributed by atoms with Gasteiger partial charge in [-0.05, 0) is 61.9 Å². The van der Waals surface area contributed by atoms with E-state index in [1.807, 2.05) is 43.0 Å². The number of aliphatic hydroxyl groups excluding tert-OH is 1. The van der Waals surface area contributed by atoms with Gasteiger partial charge in [0.1, 0.15) is 0 Å². The number of carbonyl (C=O) groups is 2. The second kappa shape index (κ2) is 13.0. The van der Waals surface area contributed by atoms with E-state index >= 15 is 0 Å². The molecule has 0 saturated carbocycles. The van der Waals surface area contributed by atoms with E-state index in [9.17, 15) is 19.8 Å². The fourth-order valence-electron chi connectivity index (χ4n) is 6.39. The van der Waals surface area contributed by atoms with E-state index in [0.717, 1.165) is 29.7 Å². The smallest absolute Gasteiger partial charge is 0.308 e. The minimum Gasteiger partial charge on any atom is -0.481 e. The molecular formula is C32H43N3O6. The number of nitrogens with zero attached hydrogens (tertiary/aromatic N) is 3. The highest BCUT2D eigenvalue weighted by molar-refractivity contribution is 5.94. The molecule has 1 amide bonds. The van der Waals surface area contributed by atoms with Crippen LogP contribution in [-0.4, -0.2) is 64.4 Å². The van der Waals surface area contributed by atoms with Gasteiger partial charge in [-0.15, -0.1) is 0 Å². The summed E-state index contributed by atoms with van der Waals surface area (Å²) in [5.41, 5.74) is 2.94. The summed E-state index contributed by atoms with van der Waals surface area (Å²) < 4.78 is 11.2. The van der Waals surface area contributed by atoms with Gasteiger partial charge >= 0.3 is 5.97 Å². The minimum atomic E-state index is -0.902.